The highest BCUT2D eigenvalue weighted by molar-refractivity contribution is 5.90. The van der Waals surface area contributed by atoms with Gasteiger partial charge in [-0.3, -0.25) is 15.1 Å². The maximum atomic E-state index is 13.3. The van der Waals surface area contributed by atoms with Crippen LogP contribution >= 0.6 is 0 Å². The van der Waals surface area contributed by atoms with Gasteiger partial charge in [-0.15, -0.1) is 0 Å². The van der Waals surface area contributed by atoms with Crippen LogP contribution in [0.2, 0.25) is 0 Å². The second-order valence-electron chi connectivity index (χ2n) is 7.60. The van der Waals surface area contributed by atoms with Gasteiger partial charge < -0.3 is 9.64 Å². The Hall–Kier alpha value is -3.56. The zero-order valence-electron chi connectivity index (χ0n) is 18.7. The molecule has 0 saturated heterocycles. The number of hydrogen-bond acceptors (Lipinski definition) is 5. The fraction of sp³-hybridized carbons (Fsp3) is 0.250. The molecule has 0 heterocycles. The van der Waals surface area contributed by atoms with Crippen LogP contribution in [0.15, 0.2) is 61.2 Å². The number of amides is 2. The van der Waals surface area contributed by atoms with E-state index in [4.69, 9.17) is 10.6 Å². The van der Waals surface area contributed by atoms with E-state index < -0.39 is 23.6 Å². The number of nitrogens with one attached hydrogen (secondary N) is 1. The molecule has 176 valence electrons. The fourth-order valence-corrected chi connectivity index (χ4v) is 2.82. The Labute approximate surface area is 192 Å². The third kappa shape index (κ3) is 9.22. The molecule has 2 amide bonds. The average molecular weight is 459 g/mol. The van der Waals surface area contributed by atoms with Crippen molar-refractivity contribution in [1.82, 2.24) is 9.91 Å². The number of hydrazine groups is 1. The topological polar surface area (TPSA) is 87.9 Å². The molecule has 7 nitrogen and oxygen atoms in total. The third-order valence-corrected chi connectivity index (χ3v) is 4.45. The van der Waals surface area contributed by atoms with Crippen LogP contribution in [0.4, 0.5) is 19.3 Å². The number of hydrogen-bond donors (Lipinski definition) is 2. The minimum Gasteiger partial charge on any atom is -0.449 e. The van der Waals surface area contributed by atoms with Crippen LogP contribution in [-0.4, -0.2) is 49.2 Å². The van der Waals surface area contributed by atoms with Gasteiger partial charge in [0.15, 0.2) is 0 Å². The van der Waals surface area contributed by atoms with E-state index in [9.17, 15) is 18.4 Å². The average Bonchev–Trinajstić information content (AvgIpc) is 2.74. The Balaban J connectivity index is 1.89. The number of benzene rings is 2. The number of nitrogens with zero attached hydrogens (tertiary/aromatic N) is 2. The van der Waals surface area contributed by atoms with Crippen LogP contribution in [0.5, 0.6) is 0 Å². The number of ether oxygens (including phenoxy) is 1. The van der Waals surface area contributed by atoms with Gasteiger partial charge in [-0.2, -0.15) is 0 Å². The van der Waals surface area contributed by atoms with Crippen LogP contribution in [0.3, 0.4) is 0 Å². The van der Waals surface area contributed by atoms with E-state index in [2.05, 4.69) is 11.9 Å². The lowest BCUT2D eigenvalue weighted by molar-refractivity contribution is -0.126. The van der Waals surface area contributed by atoms with Crippen molar-refractivity contribution in [2.24, 2.45) is 5.84 Å². The molecule has 9 heteroatoms. The van der Waals surface area contributed by atoms with Gasteiger partial charge >= 0.3 is 6.09 Å². The quantitative estimate of drug-likeness (QED) is 0.141. The summed E-state index contributed by atoms with van der Waals surface area (Å²) in [6.45, 7) is 4.89. The maximum Gasteiger partial charge on any atom is 0.411 e. The summed E-state index contributed by atoms with van der Waals surface area (Å²) in [6.07, 6.45) is 2.65. The minimum atomic E-state index is -0.739. The van der Waals surface area contributed by atoms with Crippen molar-refractivity contribution in [1.29, 1.82) is 0 Å². The van der Waals surface area contributed by atoms with Gasteiger partial charge in [0.25, 0.3) is 5.91 Å². The summed E-state index contributed by atoms with van der Waals surface area (Å²) >= 11 is 0. The minimum absolute atomic E-state index is 0.0671. The van der Waals surface area contributed by atoms with Gasteiger partial charge in [0, 0.05) is 24.4 Å². The summed E-state index contributed by atoms with van der Waals surface area (Å²) in [5.41, 5.74) is 1.65. The molecule has 0 fully saturated rings. The third-order valence-electron chi connectivity index (χ3n) is 4.45. The molecule has 0 aromatic heterocycles. The van der Waals surface area contributed by atoms with E-state index in [-0.39, 0.29) is 17.7 Å². The molecule has 0 radical (unpaired) electrons. The molecule has 33 heavy (non-hydrogen) atoms. The SMILES string of the molecule is C=C(/C=C\C(=O)N(N)Cc1cccc(NC(=O)OCCCN(C)C)c1)c1cc(F)cc(F)c1. The van der Waals surface area contributed by atoms with Gasteiger partial charge in [-0.1, -0.05) is 18.7 Å². The molecule has 2 aromatic rings. The van der Waals surface area contributed by atoms with Gasteiger partial charge in [0.2, 0.25) is 0 Å². The molecule has 0 saturated carbocycles. The van der Waals surface area contributed by atoms with E-state index in [1.165, 1.54) is 12.2 Å². The molecule has 2 aromatic carbocycles. The predicted molar refractivity (Wildman–Crippen MR) is 124 cm³/mol. The van der Waals surface area contributed by atoms with E-state index >= 15 is 0 Å². The van der Waals surface area contributed by atoms with Crippen LogP contribution in [-0.2, 0) is 16.1 Å². The molecule has 0 spiro atoms. The van der Waals surface area contributed by atoms with E-state index in [0.29, 0.717) is 17.9 Å². The smallest absolute Gasteiger partial charge is 0.411 e. The number of carbonyl (C=O) groups excluding carboxylic acids is 2. The summed E-state index contributed by atoms with van der Waals surface area (Å²) in [7, 11) is 3.88. The second kappa shape index (κ2) is 12.5. The van der Waals surface area contributed by atoms with Crippen LogP contribution in [0, 0.1) is 11.6 Å². The van der Waals surface area contributed by atoms with Gasteiger partial charge in [-0.25, -0.2) is 19.4 Å². The molecule has 0 unspecified atom stereocenters. The molecule has 2 rings (SSSR count). The number of rotatable bonds is 10. The van der Waals surface area contributed by atoms with Crippen molar-refractivity contribution in [2.45, 2.75) is 13.0 Å². The lowest BCUT2D eigenvalue weighted by Crippen LogP contribution is -2.35. The van der Waals surface area contributed by atoms with Gasteiger partial charge in [-0.05, 0) is 67.6 Å². The molecular weight excluding hydrogens is 430 g/mol. The zero-order chi connectivity index (χ0) is 24.4. The zero-order valence-corrected chi connectivity index (χ0v) is 18.7. The van der Waals surface area contributed by atoms with E-state index in [1.54, 1.807) is 24.3 Å². The number of halogens is 2. The lowest BCUT2D eigenvalue weighted by atomic mass is 10.1. The Morgan fingerprint density at radius 2 is 1.82 bits per heavy atom. The molecule has 0 aliphatic rings. The highest BCUT2D eigenvalue weighted by Gasteiger charge is 2.10. The first-order valence-electron chi connectivity index (χ1n) is 10.2. The van der Waals surface area contributed by atoms with Crippen LogP contribution in [0.25, 0.3) is 5.57 Å². The first-order chi connectivity index (χ1) is 15.6. The van der Waals surface area contributed by atoms with E-state index in [0.717, 1.165) is 36.2 Å². The monoisotopic (exact) mass is 458 g/mol. The molecule has 0 bridgehead atoms. The van der Waals surface area contributed by atoms with Crippen molar-refractivity contribution >= 4 is 23.3 Å². The van der Waals surface area contributed by atoms with Crippen LogP contribution < -0.4 is 11.2 Å². The first-order valence-corrected chi connectivity index (χ1v) is 10.2. The lowest BCUT2D eigenvalue weighted by Gasteiger charge is -2.15. The molecule has 3 N–H and O–H groups in total. The summed E-state index contributed by atoms with van der Waals surface area (Å²) in [6, 6.07) is 9.81. The molecular formula is C24H28F2N4O3. The molecule has 0 aliphatic carbocycles. The highest BCUT2D eigenvalue weighted by Crippen LogP contribution is 2.17. The van der Waals surface area contributed by atoms with Gasteiger partial charge in [0.1, 0.15) is 11.6 Å². The Morgan fingerprint density at radius 1 is 1.12 bits per heavy atom. The molecule has 0 atom stereocenters. The van der Waals surface area contributed by atoms with Crippen molar-refractivity contribution in [3.05, 3.63) is 84.0 Å². The Kier molecular flexibility index (Phi) is 9.71. The Bertz CT molecular complexity index is 1000. The van der Waals surface area contributed by atoms with E-state index in [1.807, 2.05) is 19.0 Å². The normalized spacial score (nSPS) is 11.0. The number of carbonyl (C=O) groups is 2. The predicted octanol–water partition coefficient (Wildman–Crippen LogP) is 3.94. The van der Waals surface area contributed by atoms with Crippen molar-refractivity contribution in [3.8, 4) is 0 Å². The summed E-state index contributed by atoms with van der Waals surface area (Å²) in [5.74, 6) is 3.83. The number of anilines is 1. The summed E-state index contributed by atoms with van der Waals surface area (Å²) in [4.78, 5) is 26.2. The fourth-order valence-electron chi connectivity index (χ4n) is 2.82. The van der Waals surface area contributed by atoms with Gasteiger partial charge in [0.05, 0.1) is 13.2 Å². The Morgan fingerprint density at radius 3 is 2.48 bits per heavy atom. The van der Waals surface area contributed by atoms with Crippen molar-refractivity contribution in [3.63, 3.8) is 0 Å². The summed E-state index contributed by atoms with van der Waals surface area (Å²) in [5, 5.41) is 3.60. The summed E-state index contributed by atoms with van der Waals surface area (Å²) < 4.78 is 31.8. The number of allylic oxidation sites excluding steroid dienone is 2. The van der Waals surface area contributed by atoms with Crippen LogP contribution in [0.1, 0.15) is 17.5 Å². The second-order valence-corrected chi connectivity index (χ2v) is 7.60. The number of nitrogens with two attached hydrogens (primary N) is 1. The first kappa shape index (κ1) is 25.7. The maximum absolute atomic E-state index is 13.3. The van der Waals surface area contributed by atoms with Crippen molar-refractivity contribution < 1.29 is 23.1 Å². The standard InChI is InChI=1S/C24H28F2N4O3/c1-17(19-13-20(25)15-21(26)14-19)8-9-23(31)30(27)16-18-6-4-7-22(12-18)28-24(32)33-11-5-10-29(2)3/h4,6-9,12-15H,1,5,10-11,16,27H2,2-3H3,(H,28,32)/b9-8-. The highest BCUT2D eigenvalue weighted by atomic mass is 19.1. The molecule has 0 aliphatic heterocycles. The largest absolute Gasteiger partial charge is 0.449 e. The van der Waals surface area contributed by atoms with Crippen molar-refractivity contribution in [2.75, 3.05) is 32.6 Å².